The zero-order valence-electron chi connectivity index (χ0n) is 10.6. The van der Waals surface area contributed by atoms with E-state index in [1.807, 2.05) is 24.3 Å². The summed E-state index contributed by atoms with van der Waals surface area (Å²) in [6.45, 7) is 0. The first-order valence-electron chi connectivity index (χ1n) is 6.03. The molecule has 0 fully saturated rings. The molecule has 0 bridgehead atoms. The lowest BCUT2D eigenvalue weighted by Crippen LogP contribution is -1.90. The van der Waals surface area contributed by atoms with E-state index in [1.165, 1.54) is 6.07 Å². The fraction of sp³-hybridized carbons (Fsp3) is 0. The van der Waals surface area contributed by atoms with Crippen LogP contribution >= 0.6 is 27.5 Å². The molecule has 0 atom stereocenters. The topological polar surface area (TPSA) is 52.0 Å². The molecule has 0 amide bonds. The van der Waals surface area contributed by atoms with E-state index in [2.05, 4.69) is 21.1 Å². The minimum absolute atomic E-state index is 0.0178. The molecule has 3 rings (SSSR count). The second-order valence-corrected chi connectivity index (χ2v) is 5.70. The molecule has 0 aliphatic rings. The maximum atomic E-state index is 14.2. The van der Waals surface area contributed by atoms with Gasteiger partial charge in [-0.15, -0.1) is 0 Å². The monoisotopic (exact) mass is 366 g/mol. The van der Waals surface area contributed by atoms with Gasteiger partial charge in [0.25, 0.3) is 0 Å². The van der Waals surface area contributed by atoms with Crippen LogP contribution in [0, 0.1) is 5.82 Å². The van der Waals surface area contributed by atoms with Gasteiger partial charge in [-0.1, -0.05) is 50.9 Å². The van der Waals surface area contributed by atoms with E-state index in [-0.39, 0.29) is 22.2 Å². The standard InChI is InChI=1S/C15H9BrClFN2O/c16-9-6-4-8(5-7-9)12-14(21-20-15(12)19)10-2-1-3-11(17)13(10)18/h1-7H,(H2,19,20). The van der Waals surface area contributed by atoms with E-state index in [0.29, 0.717) is 5.56 Å². The average molecular weight is 368 g/mol. The van der Waals surface area contributed by atoms with Crippen molar-refractivity contribution in [2.75, 3.05) is 5.73 Å². The Bertz CT molecular complexity index is 802. The van der Waals surface area contributed by atoms with Crippen LogP contribution < -0.4 is 5.73 Å². The molecule has 6 heteroatoms. The van der Waals surface area contributed by atoms with Crippen molar-refractivity contribution in [3.05, 3.63) is 57.8 Å². The Labute approximate surface area is 133 Å². The summed E-state index contributed by atoms with van der Waals surface area (Å²) in [5.41, 5.74) is 7.42. The molecule has 0 aliphatic carbocycles. The van der Waals surface area contributed by atoms with E-state index in [9.17, 15) is 4.39 Å². The van der Waals surface area contributed by atoms with Crippen LogP contribution in [-0.4, -0.2) is 5.16 Å². The average Bonchev–Trinajstić information content (AvgIpc) is 2.85. The van der Waals surface area contributed by atoms with Gasteiger partial charge < -0.3 is 10.3 Å². The van der Waals surface area contributed by atoms with Crippen LogP contribution in [0.4, 0.5) is 10.2 Å². The molecule has 0 unspecified atom stereocenters. The van der Waals surface area contributed by atoms with E-state index < -0.39 is 5.82 Å². The van der Waals surface area contributed by atoms with Gasteiger partial charge in [0.1, 0.15) is 0 Å². The van der Waals surface area contributed by atoms with Gasteiger partial charge >= 0.3 is 0 Å². The fourth-order valence-corrected chi connectivity index (χ4v) is 2.50. The van der Waals surface area contributed by atoms with Gasteiger partial charge in [-0.3, -0.25) is 0 Å². The molecule has 1 aromatic heterocycles. The Kier molecular flexibility index (Phi) is 3.69. The summed E-state index contributed by atoms with van der Waals surface area (Å²) in [7, 11) is 0. The number of aromatic nitrogens is 1. The van der Waals surface area contributed by atoms with Crippen molar-refractivity contribution in [3.8, 4) is 22.5 Å². The van der Waals surface area contributed by atoms with Crippen LogP contribution in [0.2, 0.25) is 5.02 Å². The predicted molar refractivity (Wildman–Crippen MR) is 84.5 cm³/mol. The summed E-state index contributed by atoms with van der Waals surface area (Å²) in [6, 6.07) is 12.1. The molecule has 0 saturated carbocycles. The fourth-order valence-electron chi connectivity index (χ4n) is 2.06. The zero-order chi connectivity index (χ0) is 15.0. The summed E-state index contributed by atoms with van der Waals surface area (Å²) >= 11 is 9.18. The minimum atomic E-state index is -0.561. The highest BCUT2D eigenvalue weighted by molar-refractivity contribution is 9.10. The van der Waals surface area contributed by atoms with E-state index in [0.717, 1.165) is 10.0 Å². The number of anilines is 1. The highest BCUT2D eigenvalue weighted by Crippen LogP contribution is 2.39. The summed E-state index contributed by atoms with van der Waals surface area (Å²) in [5.74, 6) is -0.102. The normalized spacial score (nSPS) is 10.8. The van der Waals surface area contributed by atoms with Gasteiger partial charge in [-0.25, -0.2) is 4.39 Å². The highest BCUT2D eigenvalue weighted by Gasteiger charge is 2.21. The van der Waals surface area contributed by atoms with Crippen LogP contribution in [0.1, 0.15) is 0 Å². The third kappa shape index (κ3) is 2.54. The van der Waals surface area contributed by atoms with Crippen LogP contribution in [0.3, 0.4) is 0 Å². The lowest BCUT2D eigenvalue weighted by molar-refractivity contribution is 0.433. The third-order valence-corrected chi connectivity index (χ3v) is 3.87. The number of rotatable bonds is 2. The molecule has 2 aromatic carbocycles. The first kappa shape index (κ1) is 14.1. The van der Waals surface area contributed by atoms with Gasteiger partial charge in [-0.2, -0.15) is 0 Å². The molecular formula is C15H9BrClFN2O. The van der Waals surface area contributed by atoms with Crippen molar-refractivity contribution in [3.63, 3.8) is 0 Å². The lowest BCUT2D eigenvalue weighted by Gasteiger charge is -2.05. The Morgan fingerprint density at radius 2 is 1.86 bits per heavy atom. The zero-order valence-corrected chi connectivity index (χ0v) is 13.0. The van der Waals surface area contributed by atoms with Crippen molar-refractivity contribution in [2.45, 2.75) is 0 Å². The molecule has 0 radical (unpaired) electrons. The number of hydrogen-bond donors (Lipinski definition) is 1. The SMILES string of the molecule is Nc1noc(-c2cccc(Cl)c2F)c1-c1ccc(Br)cc1. The Morgan fingerprint density at radius 1 is 1.14 bits per heavy atom. The number of halogens is 3. The first-order chi connectivity index (χ1) is 10.1. The number of nitrogens with two attached hydrogens (primary N) is 1. The molecule has 3 nitrogen and oxygen atoms in total. The van der Waals surface area contributed by atoms with Gasteiger partial charge in [0.15, 0.2) is 17.4 Å². The highest BCUT2D eigenvalue weighted by atomic mass is 79.9. The van der Waals surface area contributed by atoms with Crippen LogP contribution in [0.15, 0.2) is 51.5 Å². The summed E-state index contributed by atoms with van der Waals surface area (Å²) in [4.78, 5) is 0. The van der Waals surface area contributed by atoms with E-state index in [4.69, 9.17) is 21.9 Å². The maximum Gasteiger partial charge on any atom is 0.179 e. The molecule has 1 heterocycles. The third-order valence-electron chi connectivity index (χ3n) is 3.05. The van der Waals surface area contributed by atoms with Gasteiger partial charge in [0.05, 0.1) is 16.1 Å². The molecule has 0 saturated heterocycles. The minimum Gasteiger partial charge on any atom is -0.380 e. The first-order valence-corrected chi connectivity index (χ1v) is 7.20. The largest absolute Gasteiger partial charge is 0.380 e. The summed E-state index contributed by atoms with van der Waals surface area (Å²) < 4.78 is 20.3. The van der Waals surface area contributed by atoms with E-state index in [1.54, 1.807) is 12.1 Å². The van der Waals surface area contributed by atoms with Crippen molar-refractivity contribution in [1.29, 1.82) is 0 Å². The molecular weight excluding hydrogens is 359 g/mol. The molecule has 0 spiro atoms. The number of hydrogen-bond acceptors (Lipinski definition) is 3. The molecule has 0 aliphatic heterocycles. The lowest BCUT2D eigenvalue weighted by atomic mass is 10.0. The second-order valence-electron chi connectivity index (χ2n) is 4.38. The van der Waals surface area contributed by atoms with Gasteiger partial charge in [0, 0.05) is 4.47 Å². The van der Waals surface area contributed by atoms with Crippen LogP contribution in [-0.2, 0) is 0 Å². The van der Waals surface area contributed by atoms with Crippen molar-refractivity contribution in [2.24, 2.45) is 0 Å². The number of nitrogens with zero attached hydrogens (tertiary/aromatic N) is 1. The van der Waals surface area contributed by atoms with Crippen LogP contribution in [0.5, 0.6) is 0 Å². The Hall–Kier alpha value is -1.85. The van der Waals surface area contributed by atoms with Crippen molar-refractivity contribution < 1.29 is 8.91 Å². The molecule has 2 N–H and O–H groups in total. The smallest absolute Gasteiger partial charge is 0.179 e. The van der Waals surface area contributed by atoms with E-state index >= 15 is 0 Å². The Balaban J connectivity index is 2.22. The maximum absolute atomic E-state index is 14.2. The van der Waals surface area contributed by atoms with Crippen molar-refractivity contribution in [1.82, 2.24) is 5.16 Å². The van der Waals surface area contributed by atoms with Gasteiger partial charge in [-0.05, 0) is 29.8 Å². The van der Waals surface area contributed by atoms with Crippen LogP contribution in [0.25, 0.3) is 22.5 Å². The second kappa shape index (κ2) is 5.50. The summed E-state index contributed by atoms with van der Waals surface area (Å²) in [5, 5.41) is 3.76. The Morgan fingerprint density at radius 3 is 2.57 bits per heavy atom. The molecule has 3 aromatic rings. The van der Waals surface area contributed by atoms with Gasteiger partial charge in [0.2, 0.25) is 0 Å². The number of benzene rings is 2. The molecule has 106 valence electrons. The number of nitrogen functional groups attached to an aromatic ring is 1. The predicted octanol–water partition coefficient (Wildman–Crippen LogP) is 5.15. The summed E-state index contributed by atoms with van der Waals surface area (Å²) in [6.07, 6.45) is 0. The van der Waals surface area contributed by atoms with Crippen molar-refractivity contribution >= 4 is 33.3 Å². The quantitative estimate of drug-likeness (QED) is 0.682. The molecule has 21 heavy (non-hydrogen) atoms.